The Kier molecular flexibility index (Phi) is 7.74. The van der Waals surface area contributed by atoms with E-state index in [9.17, 15) is 13.2 Å². The van der Waals surface area contributed by atoms with Crippen molar-refractivity contribution in [2.45, 2.75) is 11.8 Å². The Morgan fingerprint density at radius 3 is 2.34 bits per heavy atom. The zero-order chi connectivity index (χ0) is 23.1. The maximum atomic E-state index is 12.5. The van der Waals surface area contributed by atoms with E-state index in [4.69, 9.17) is 27.9 Å². The van der Waals surface area contributed by atoms with Crippen LogP contribution in [0.5, 0.6) is 5.75 Å². The average Bonchev–Trinajstić information content (AvgIpc) is 2.76. The number of nitrogens with zero attached hydrogens (tertiary/aromatic N) is 1. The molecule has 0 spiro atoms. The van der Waals surface area contributed by atoms with Crippen molar-refractivity contribution in [1.82, 2.24) is 5.43 Å². The number of hydrogen-bond acceptors (Lipinski definition) is 5. The number of hydrogen-bond donors (Lipinski definition) is 2. The van der Waals surface area contributed by atoms with E-state index in [1.54, 1.807) is 30.3 Å². The van der Waals surface area contributed by atoms with Crippen LogP contribution in [0.2, 0.25) is 10.0 Å². The highest BCUT2D eigenvalue weighted by atomic mass is 35.5. The molecule has 0 saturated carbocycles. The molecular formula is C22H19Cl2N3O4S. The Morgan fingerprint density at radius 1 is 1.03 bits per heavy atom. The summed E-state index contributed by atoms with van der Waals surface area (Å²) >= 11 is 11.9. The minimum absolute atomic E-state index is 0.0953. The van der Waals surface area contributed by atoms with Crippen LogP contribution in [0.15, 0.2) is 76.7 Å². The molecule has 0 bridgehead atoms. The molecule has 0 fully saturated rings. The van der Waals surface area contributed by atoms with E-state index in [0.29, 0.717) is 39.2 Å². The summed E-state index contributed by atoms with van der Waals surface area (Å²) < 4.78 is 32.9. The van der Waals surface area contributed by atoms with Crippen LogP contribution < -0.4 is 14.9 Å². The molecule has 0 aromatic heterocycles. The number of carbonyl (C=O) groups excluding carboxylic acids is 1. The van der Waals surface area contributed by atoms with E-state index in [0.717, 1.165) is 0 Å². The molecule has 166 valence electrons. The molecule has 0 heterocycles. The number of rotatable bonds is 8. The second-order valence-corrected chi connectivity index (χ2v) is 8.98. The van der Waals surface area contributed by atoms with E-state index in [1.165, 1.54) is 42.6 Å². The van der Waals surface area contributed by atoms with E-state index < -0.39 is 15.9 Å². The number of hydrazone groups is 1. The highest BCUT2D eigenvalue weighted by Crippen LogP contribution is 2.21. The molecule has 7 nitrogen and oxygen atoms in total. The summed E-state index contributed by atoms with van der Waals surface area (Å²) in [5, 5.41) is 4.77. The largest absolute Gasteiger partial charge is 0.494 e. The van der Waals surface area contributed by atoms with Gasteiger partial charge in [-0.1, -0.05) is 29.3 Å². The van der Waals surface area contributed by atoms with Crippen molar-refractivity contribution >= 4 is 51.0 Å². The number of nitrogens with one attached hydrogen (secondary N) is 2. The summed E-state index contributed by atoms with van der Waals surface area (Å²) in [6.07, 6.45) is 1.40. The third kappa shape index (κ3) is 6.23. The van der Waals surface area contributed by atoms with Crippen LogP contribution in [0.3, 0.4) is 0 Å². The first kappa shape index (κ1) is 23.6. The highest BCUT2D eigenvalue weighted by Gasteiger charge is 2.14. The average molecular weight is 492 g/mol. The van der Waals surface area contributed by atoms with Gasteiger partial charge in [-0.15, -0.1) is 0 Å². The monoisotopic (exact) mass is 491 g/mol. The molecule has 2 N–H and O–H groups in total. The summed E-state index contributed by atoms with van der Waals surface area (Å²) in [6.45, 7) is 2.34. The molecule has 0 unspecified atom stereocenters. The number of benzene rings is 3. The molecule has 0 aliphatic rings. The van der Waals surface area contributed by atoms with Crippen molar-refractivity contribution < 1.29 is 17.9 Å². The van der Waals surface area contributed by atoms with Gasteiger partial charge in [-0.3, -0.25) is 9.52 Å². The lowest BCUT2D eigenvalue weighted by molar-refractivity contribution is 0.0955. The van der Waals surface area contributed by atoms with Crippen LogP contribution in [0.1, 0.15) is 22.8 Å². The van der Waals surface area contributed by atoms with Gasteiger partial charge in [0, 0.05) is 21.8 Å². The summed E-state index contributed by atoms with van der Waals surface area (Å²) in [6, 6.07) is 16.9. The first-order chi connectivity index (χ1) is 15.3. The van der Waals surface area contributed by atoms with Crippen molar-refractivity contribution in [3.8, 4) is 5.75 Å². The lowest BCUT2D eigenvalue weighted by Gasteiger charge is -2.09. The number of halogens is 2. The predicted octanol–water partition coefficient (Wildman–Crippen LogP) is 4.96. The summed E-state index contributed by atoms with van der Waals surface area (Å²) in [7, 11) is -3.78. The summed E-state index contributed by atoms with van der Waals surface area (Å²) in [4.78, 5) is 12.3. The van der Waals surface area contributed by atoms with Crippen LogP contribution in [0.4, 0.5) is 5.69 Å². The standard InChI is InChI=1S/C22H19Cl2N3O4S/c1-2-31-19-9-11-20(12-10-19)32(29,30)27-18-7-4-15(5-8-18)22(28)26-25-14-16-3-6-17(23)13-21(16)24/h3-14,27H,2H2,1H3,(H,26,28). The Labute approximate surface area is 196 Å². The smallest absolute Gasteiger partial charge is 0.271 e. The number of amides is 1. The Balaban J connectivity index is 1.62. The molecule has 3 aromatic rings. The fraction of sp³-hybridized carbons (Fsp3) is 0.0909. The van der Waals surface area contributed by atoms with Crippen LogP contribution in [-0.4, -0.2) is 27.1 Å². The number of sulfonamides is 1. The Bertz CT molecular complexity index is 1230. The highest BCUT2D eigenvalue weighted by molar-refractivity contribution is 7.92. The van der Waals surface area contributed by atoms with Gasteiger partial charge in [0.25, 0.3) is 15.9 Å². The van der Waals surface area contributed by atoms with Crippen LogP contribution >= 0.6 is 23.2 Å². The van der Waals surface area contributed by atoms with Crippen LogP contribution in [-0.2, 0) is 10.0 Å². The minimum Gasteiger partial charge on any atom is -0.494 e. The Hall–Kier alpha value is -3.07. The number of ether oxygens (including phenoxy) is 1. The van der Waals surface area contributed by atoms with Gasteiger partial charge in [0.15, 0.2) is 0 Å². The molecule has 0 aliphatic heterocycles. The maximum Gasteiger partial charge on any atom is 0.271 e. The van der Waals surface area contributed by atoms with Crippen molar-refractivity contribution in [2.24, 2.45) is 5.10 Å². The minimum atomic E-state index is -3.78. The molecule has 0 saturated heterocycles. The predicted molar refractivity (Wildman–Crippen MR) is 126 cm³/mol. The van der Waals surface area contributed by atoms with Gasteiger partial charge in [-0.2, -0.15) is 5.10 Å². The lowest BCUT2D eigenvalue weighted by atomic mass is 10.2. The van der Waals surface area contributed by atoms with E-state index in [2.05, 4.69) is 15.2 Å². The number of anilines is 1. The second-order valence-electron chi connectivity index (χ2n) is 6.45. The van der Waals surface area contributed by atoms with Gasteiger partial charge in [-0.25, -0.2) is 13.8 Å². The molecule has 0 aliphatic carbocycles. The zero-order valence-electron chi connectivity index (χ0n) is 16.9. The lowest BCUT2D eigenvalue weighted by Crippen LogP contribution is -2.18. The normalized spacial score (nSPS) is 11.3. The Morgan fingerprint density at radius 2 is 1.72 bits per heavy atom. The molecule has 32 heavy (non-hydrogen) atoms. The first-order valence-electron chi connectivity index (χ1n) is 9.42. The van der Waals surface area contributed by atoms with Crippen molar-refractivity contribution in [1.29, 1.82) is 0 Å². The fourth-order valence-electron chi connectivity index (χ4n) is 2.62. The van der Waals surface area contributed by atoms with Crippen molar-refractivity contribution in [3.63, 3.8) is 0 Å². The first-order valence-corrected chi connectivity index (χ1v) is 11.7. The maximum absolute atomic E-state index is 12.5. The number of carbonyl (C=O) groups is 1. The molecule has 1 amide bonds. The van der Waals surface area contributed by atoms with Gasteiger partial charge >= 0.3 is 0 Å². The van der Waals surface area contributed by atoms with Gasteiger partial charge in [-0.05, 0) is 67.6 Å². The SMILES string of the molecule is CCOc1ccc(S(=O)(=O)Nc2ccc(C(=O)NN=Cc3ccc(Cl)cc3Cl)cc2)cc1. The molecular weight excluding hydrogens is 473 g/mol. The molecule has 0 radical (unpaired) electrons. The molecule has 10 heteroatoms. The quantitative estimate of drug-likeness (QED) is 0.343. The van der Waals surface area contributed by atoms with E-state index >= 15 is 0 Å². The van der Waals surface area contributed by atoms with E-state index in [1.807, 2.05) is 6.92 Å². The van der Waals surface area contributed by atoms with Crippen LogP contribution in [0.25, 0.3) is 0 Å². The van der Waals surface area contributed by atoms with Gasteiger partial charge in [0.2, 0.25) is 0 Å². The third-order valence-corrected chi connectivity index (χ3v) is 6.14. The van der Waals surface area contributed by atoms with Gasteiger partial charge in [0.05, 0.1) is 22.7 Å². The third-order valence-electron chi connectivity index (χ3n) is 4.18. The molecule has 3 rings (SSSR count). The topological polar surface area (TPSA) is 96.9 Å². The zero-order valence-corrected chi connectivity index (χ0v) is 19.2. The van der Waals surface area contributed by atoms with Crippen molar-refractivity contribution in [2.75, 3.05) is 11.3 Å². The molecule has 0 atom stereocenters. The summed E-state index contributed by atoms with van der Waals surface area (Å²) in [5.74, 6) is 0.120. The fourth-order valence-corrected chi connectivity index (χ4v) is 4.13. The van der Waals surface area contributed by atoms with E-state index in [-0.39, 0.29) is 4.90 Å². The van der Waals surface area contributed by atoms with Gasteiger partial charge < -0.3 is 4.74 Å². The van der Waals surface area contributed by atoms with Gasteiger partial charge in [0.1, 0.15) is 5.75 Å². The molecule has 3 aromatic carbocycles. The summed E-state index contributed by atoms with van der Waals surface area (Å²) in [5.41, 5.74) is 3.59. The second kappa shape index (κ2) is 10.5. The van der Waals surface area contributed by atoms with Crippen molar-refractivity contribution in [3.05, 3.63) is 87.9 Å². The van der Waals surface area contributed by atoms with Crippen LogP contribution in [0, 0.1) is 0 Å².